The molecule has 0 aromatic carbocycles. The molecule has 17 heavy (non-hydrogen) atoms. The minimum Gasteiger partial charge on any atom is -0.461 e. The first-order valence-corrected chi connectivity index (χ1v) is 4.80. The molecule has 1 aromatic heterocycles. The van der Waals surface area contributed by atoms with Crippen LogP contribution in [0, 0.1) is 0 Å². The van der Waals surface area contributed by atoms with Crippen molar-refractivity contribution in [1.29, 1.82) is 0 Å². The van der Waals surface area contributed by atoms with Gasteiger partial charge in [-0.2, -0.15) is 0 Å². The molecule has 1 heterocycles. The highest BCUT2D eigenvalue weighted by atomic mass is 35.5. The summed E-state index contributed by atoms with van der Waals surface area (Å²) in [7, 11) is 0. The van der Waals surface area contributed by atoms with Crippen LogP contribution in [0.1, 0.15) is 17.4 Å². The van der Waals surface area contributed by atoms with Gasteiger partial charge in [-0.1, -0.05) is 11.6 Å². The number of rotatable bonds is 3. The Labute approximate surface area is 99.3 Å². The molecule has 0 radical (unpaired) electrons. The van der Waals surface area contributed by atoms with E-state index < -0.39 is 23.2 Å². The molecule has 4 nitrogen and oxygen atoms in total. The van der Waals surface area contributed by atoms with Gasteiger partial charge in [0, 0.05) is 0 Å². The number of hydrogen-bond acceptors (Lipinski definition) is 4. The third-order valence-corrected chi connectivity index (χ3v) is 1.80. The highest BCUT2D eigenvalue weighted by molar-refractivity contribution is 6.31. The number of aromatic nitrogens is 1. The second kappa shape index (κ2) is 5.22. The van der Waals surface area contributed by atoms with Crippen LogP contribution in [0.15, 0.2) is 12.1 Å². The Morgan fingerprint density at radius 3 is 2.59 bits per heavy atom. The normalized spacial score (nSPS) is 11.1. The summed E-state index contributed by atoms with van der Waals surface area (Å²) < 4.78 is 43.9. The average molecular weight is 270 g/mol. The minimum absolute atomic E-state index is 0.124. The molecule has 1 rings (SSSR count). The summed E-state index contributed by atoms with van der Waals surface area (Å²) in [6.07, 6.45) is -4.86. The minimum atomic E-state index is -4.86. The van der Waals surface area contributed by atoms with Crippen LogP contribution in [0.2, 0.25) is 5.15 Å². The van der Waals surface area contributed by atoms with Gasteiger partial charge in [0.15, 0.2) is 10.9 Å². The van der Waals surface area contributed by atoms with Crippen molar-refractivity contribution in [3.63, 3.8) is 0 Å². The molecule has 0 spiro atoms. The number of esters is 1. The van der Waals surface area contributed by atoms with Crippen LogP contribution in [0.25, 0.3) is 0 Å². The predicted molar refractivity (Wildman–Crippen MR) is 51.9 cm³/mol. The molecule has 8 heteroatoms. The van der Waals surface area contributed by atoms with Crippen LogP contribution >= 0.6 is 11.6 Å². The van der Waals surface area contributed by atoms with Crippen molar-refractivity contribution >= 4 is 17.6 Å². The van der Waals surface area contributed by atoms with Crippen molar-refractivity contribution in [1.82, 2.24) is 4.98 Å². The highest BCUT2D eigenvalue weighted by Crippen LogP contribution is 2.28. The van der Waals surface area contributed by atoms with Gasteiger partial charge in [0.2, 0.25) is 0 Å². The van der Waals surface area contributed by atoms with Gasteiger partial charge < -0.3 is 9.47 Å². The van der Waals surface area contributed by atoms with Crippen LogP contribution in [0.5, 0.6) is 5.75 Å². The molecule has 0 amide bonds. The van der Waals surface area contributed by atoms with Gasteiger partial charge >= 0.3 is 12.3 Å². The zero-order valence-corrected chi connectivity index (χ0v) is 9.30. The van der Waals surface area contributed by atoms with E-state index in [0.29, 0.717) is 0 Å². The smallest absolute Gasteiger partial charge is 0.461 e. The van der Waals surface area contributed by atoms with Gasteiger partial charge in [-0.05, 0) is 19.1 Å². The number of ether oxygens (including phenoxy) is 2. The molecule has 0 bridgehead atoms. The van der Waals surface area contributed by atoms with Gasteiger partial charge in [0.05, 0.1) is 6.61 Å². The number of nitrogens with zero attached hydrogens (tertiary/aromatic N) is 1. The Morgan fingerprint density at radius 1 is 1.47 bits per heavy atom. The molecule has 0 aliphatic heterocycles. The maximum Gasteiger partial charge on any atom is 0.573 e. The fourth-order valence-electron chi connectivity index (χ4n) is 0.941. The number of halogens is 4. The standard InChI is InChI=1S/C9H7ClF3NO3/c1-2-16-8(15)5-3-4-6(7(10)14-5)17-9(11,12)13/h3-4H,2H2,1H3. The SMILES string of the molecule is CCOC(=O)c1ccc(OC(F)(F)F)c(Cl)n1. The van der Waals surface area contributed by atoms with Crippen LogP contribution in [0.3, 0.4) is 0 Å². The van der Waals surface area contributed by atoms with E-state index in [1.807, 2.05) is 0 Å². The summed E-state index contributed by atoms with van der Waals surface area (Å²) >= 11 is 5.44. The van der Waals surface area contributed by atoms with Gasteiger partial charge in [-0.3, -0.25) is 0 Å². The lowest BCUT2D eigenvalue weighted by molar-refractivity contribution is -0.274. The van der Waals surface area contributed by atoms with Crippen molar-refractivity contribution in [2.75, 3.05) is 6.61 Å². The first-order chi connectivity index (χ1) is 7.83. The number of carbonyl (C=O) groups is 1. The summed E-state index contributed by atoms with van der Waals surface area (Å²) in [6, 6.07) is 1.93. The first kappa shape index (κ1) is 13.6. The number of hydrogen-bond donors (Lipinski definition) is 0. The van der Waals surface area contributed by atoms with Crippen molar-refractivity contribution in [2.24, 2.45) is 0 Å². The molecule has 0 saturated carbocycles. The van der Waals surface area contributed by atoms with Crippen LogP contribution in [-0.4, -0.2) is 23.9 Å². The van der Waals surface area contributed by atoms with E-state index in [2.05, 4.69) is 14.5 Å². The molecule has 0 N–H and O–H groups in total. The summed E-state index contributed by atoms with van der Waals surface area (Å²) in [5.41, 5.74) is -0.189. The molecule has 0 aliphatic carbocycles. The molecule has 0 aliphatic rings. The lowest BCUT2D eigenvalue weighted by Gasteiger charge is -2.10. The third kappa shape index (κ3) is 4.10. The van der Waals surface area contributed by atoms with Crippen molar-refractivity contribution in [2.45, 2.75) is 13.3 Å². The van der Waals surface area contributed by atoms with E-state index >= 15 is 0 Å². The number of pyridine rings is 1. The molecule has 0 fully saturated rings. The topological polar surface area (TPSA) is 48.4 Å². The maximum absolute atomic E-state index is 11.9. The predicted octanol–water partition coefficient (Wildman–Crippen LogP) is 2.81. The van der Waals surface area contributed by atoms with E-state index in [4.69, 9.17) is 11.6 Å². The van der Waals surface area contributed by atoms with Crippen LogP contribution < -0.4 is 4.74 Å². The zero-order chi connectivity index (χ0) is 13.1. The average Bonchev–Trinajstić information content (AvgIpc) is 2.19. The molecule has 0 saturated heterocycles. The molecular weight excluding hydrogens is 263 g/mol. The highest BCUT2D eigenvalue weighted by Gasteiger charge is 2.32. The summed E-state index contributed by atoms with van der Waals surface area (Å²) in [4.78, 5) is 14.6. The van der Waals surface area contributed by atoms with Crippen LogP contribution in [-0.2, 0) is 4.74 Å². The largest absolute Gasteiger partial charge is 0.573 e. The van der Waals surface area contributed by atoms with E-state index in [1.165, 1.54) is 0 Å². The fourth-order valence-corrected chi connectivity index (χ4v) is 1.13. The fraction of sp³-hybridized carbons (Fsp3) is 0.333. The van der Waals surface area contributed by atoms with Gasteiger partial charge in [0.1, 0.15) is 5.69 Å². The second-order valence-corrected chi connectivity index (χ2v) is 3.11. The summed E-state index contributed by atoms with van der Waals surface area (Å²) in [6.45, 7) is 1.71. The van der Waals surface area contributed by atoms with E-state index in [0.717, 1.165) is 12.1 Å². The zero-order valence-electron chi connectivity index (χ0n) is 8.55. The number of carbonyl (C=O) groups excluding carboxylic acids is 1. The van der Waals surface area contributed by atoms with Gasteiger partial charge in [-0.15, -0.1) is 13.2 Å². The summed E-state index contributed by atoms with van der Waals surface area (Å²) in [5.74, 6) is -1.44. The van der Waals surface area contributed by atoms with E-state index in [1.54, 1.807) is 6.92 Å². The lowest BCUT2D eigenvalue weighted by Crippen LogP contribution is -2.18. The molecule has 1 aromatic rings. The quantitative estimate of drug-likeness (QED) is 0.625. The lowest BCUT2D eigenvalue weighted by atomic mass is 10.3. The monoisotopic (exact) mass is 269 g/mol. The van der Waals surface area contributed by atoms with Crippen molar-refractivity contribution < 1.29 is 27.4 Å². The molecule has 0 unspecified atom stereocenters. The Kier molecular flexibility index (Phi) is 4.17. The Hall–Kier alpha value is -1.50. The molecule has 0 atom stereocenters. The Morgan fingerprint density at radius 2 is 2.12 bits per heavy atom. The second-order valence-electron chi connectivity index (χ2n) is 2.75. The molecule has 94 valence electrons. The van der Waals surface area contributed by atoms with Crippen LogP contribution in [0.4, 0.5) is 13.2 Å². The van der Waals surface area contributed by atoms with Gasteiger partial charge in [0.25, 0.3) is 0 Å². The van der Waals surface area contributed by atoms with E-state index in [9.17, 15) is 18.0 Å². The van der Waals surface area contributed by atoms with E-state index in [-0.39, 0.29) is 12.3 Å². The van der Waals surface area contributed by atoms with Crippen molar-refractivity contribution in [3.05, 3.63) is 23.0 Å². The first-order valence-electron chi connectivity index (χ1n) is 4.43. The maximum atomic E-state index is 11.9. The molecular formula is C9H7ClF3NO3. The Balaban J connectivity index is 2.90. The van der Waals surface area contributed by atoms with Gasteiger partial charge in [-0.25, -0.2) is 9.78 Å². The Bertz CT molecular complexity index is 422. The third-order valence-electron chi connectivity index (χ3n) is 1.52. The number of alkyl halides is 3. The summed E-state index contributed by atoms with van der Waals surface area (Å²) in [5, 5.41) is -0.562. The van der Waals surface area contributed by atoms with Crippen molar-refractivity contribution in [3.8, 4) is 5.75 Å².